The average molecular weight is 575 g/mol. The van der Waals surface area contributed by atoms with Crippen molar-refractivity contribution in [3.63, 3.8) is 0 Å². The van der Waals surface area contributed by atoms with Crippen LogP contribution in [-0.4, -0.2) is 24.8 Å². The van der Waals surface area contributed by atoms with Gasteiger partial charge in [-0.25, -0.2) is 0 Å². The predicted molar refractivity (Wildman–Crippen MR) is 181 cm³/mol. The van der Waals surface area contributed by atoms with Crippen molar-refractivity contribution < 1.29 is 9.47 Å². The first kappa shape index (κ1) is 33.9. The van der Waals surface area contributed by atoms with Gasteiger partial charge in [-0.3, -0.25) is 4.99 Å². The zero-order valence-corrected chi connectivity index (χ0v) is 28.9. The Balaban J connectivity index is 2.12. The molecule has 42 heavy (non-hydrogen) atoms. The quantitative estimate of drug-likeness (QED) is 0.264. The summed E-state index contributed by atoms with van der Waals surface area (Å²) in [5.41, 5.74) is 6.14. The number of aliphatic imine (C=N–C) groups is 1. The minimum atomic E-state index is -0.575. The molecule has 232 valence electrons. The van der Waals surface area contributed by atoms with E-state index in [1.807, 2.05) is 6.92 Å². The topological polar surface area (TPSA) is 54.7 Å². The second kappa shape index (κ2) is 12.5. The number of nitrogens with one attached hydrogen (secondary N) is 1. The Hall–Kier alpha value is -2.62. The van der Waals surface area contributed by atoms with Crippen molar-refractivity contribution in [2.45, 2.75) is 156 Å². The van der Waals surface area contributed by atoms with Crippen LogP contribution in [0.15, 0.2) is 29.3 Å². The fraction of sp³-hybridized carbons (Fsp3) is 0.632. The van der Waals surface area contributed by atoms with Crippen molar-refractivity contribution >= 4 is 12.4 Å². The smallest absolute Gasteiger partial charge is 0.238 e. The van der Waals surface area contributed by atoms with Crippen molar-refractivity contribution in [3.8, 4) is 11.5 Å². The van der Waals surface area contributed by atoms with Crippen LogP contribution >= 0.6 is 0 Å². The molecule has 1 aliphatic carbocycles. The Kier molecular flexibility index (Phi) is 10.1. The first-order valence-electron chi connectivity index (χ1n) is 16.0. The summed E-state index contributed by atoms with van der Waals surface area (Å²) in [5.74, 6) is 1.56. The van der Waals surface area contributed by atoms with Crippen LogP contribution in [0.2, 0.25) is 0 Å². The van der Waals surface area contributed by atoms with Gasteiger partial charge < -0.3 is 14.9 Å². The molecule has 0 radical (unpaired) electrons. The molecule has 1 atom stereocenters. The maximum absolute atomic E-state index is 8.27. The highest BCUT2D eigenvalue weighted by molar-refractivity contribution is 5.85. The maximum Gasteiger partial charge on any atom is 0.238 e. The summed E-state index contributed by atoms with van der Waals surface area (Å²) in [4.78, 5) is 5.08. The number of benzene rings is 2. The summed E-state index contributed by atoms with van der Waals surface area (Å²) in [6.45, 7) is 28.7. The van der Waals surface area contributed by atoms with E-state index in [4.69, 9.17) is 19.9 Å². The van der Waals surface area contributed by atoms with Crippen molar-refractivity contribution in [1.82, 2.24) is 0 Å². The third kappa shape index (κ3) is 8.48. The second-order valence-corrected chi connectivity index (χ2v) is 16.4. The summed E-state index contributed by atoms with van der Waals surface area (Å²) in [5, 5.41) is 8.27. The molecule has 0 spiro atoms. The summed E-state index contributed by atoms with van der Waals surface area (Å²) in [7, 11) is 0. The molecule has 0 saturated heterocycles. The lowest BCUT2D eigenvalue weighted by atomic mass is 9.79. The molecular weight excluding hydrogens is 516 g/mol. The Bertz CT molecular complexity index is 1270. The number of nitrogens with zero attached hydrogens (tertiary/aromatic N) is 1. The van der Waals surface area contributed by atoms with Crippen molar-refractivity contribution in [3.05, 3.63) is 57.6 Å². The SMILES string of the molecule is CC(Oc1c(C=N)cc(C(C)(C)C)cc1C(C)(C)C)Oc1c(C=NC2CCCCC2)cc(C(C)(C)C)cc1C(C)(C)C. The summed E-state index contributed by atoms with van der Waals surface area (Å²) in [6.07, 6.45) is 9.03. The molecule has 0 amide bonds. The molecule has 0 heterocycles. The van der Waals surface area contributed by atoms with E-state index >= 15 is 0 Å². The molecule has 4 nitrogen and oxygen atoms in total. The van der Waals surface area contributed by atoms with E-state index in [0.717, 1.165) is 46.6 Å². The van der Waals surface area contributed by atoms with Crippen LogP contribution in [0.4, 0.5) is 0 Å². The van der Waals surface area contributed by atoms with E-state index < -0.39 is 6.29 Å². The fourth-order valence-electron chi connectivity index (χ4n) is 5.52. The summed E-state index contributed by atoms with van der Waals surface area (Å²) >= 11 is 0. The molecule has 1 aliphatic rings. The van der Waals surface area contributed by atoms with Gasteiger partial charge in [0, 0.05) is 47.6 Å². The van der Waals surface area contributed by atoms with Crippen LogP contribution in [0.5, 0.6) is 11.5 Å². The Labute approximate surface area is 257 Å². The molecular formula is C38H58N2O2. The molecule has 0 aliphatic heterocycles. The number of hydrogen-bond donors (Lipinski definition) is 1. The molecule has 1 unspecified atom stereocenters. The van der Waals surface area contributed by atoms with Gasteiger partial charge in [0.05, 0.1) is 0 Å². The van der Waals surface area contributed by atoms with Gasteiger partial charge in [0.1, 0.15) is 11.5 Å². The highest BCUT2D eigenvalue weighted by Crippen LogP contribution is 2.41. The molecule has 1 fully saturated rings. The normalized spacial score (nSPS) is 16.5. The van der Waals surface area contributed by atoms with Crippen molar-refractivity contribution in [2.75, 3.05) is 0 Å². The van der Waals surface area contributed by atoms with Gasteiger partial charge >= 0.3 is 0 Å². The second-order valence-electron chi connectivity index (χ2n) is 16.4. The number of rotatable bonds is 7. The third-order valence-corrected chi connectivity index (χ3v) is 8.31. The Morgan fingerprint density at radius 1 is 0.667 bits per heavy atom. The van der Waals surface area contributed by atoms with E-state index in [2.05, 4.69) is 114 Å². The lowest BCUT2D eigenvalue weighted by Gasteiger charge is -2.32. The third-order valence-electron chi connectivity index (χ3n) is 8.31. The largest absolute Gasteiger partial charge is 0.454 e. The van der Waals surface area contributed by atoms with E-state index in [9.17, 15) is 0 Å². The van der Waals surface area contributed by atoms with E-state index in [0.29, 0.717) is 6.04 Å². The standard InChI is InChI=1S/C38H58N2O2/c1-25(41-33-26(23-39)19-28(35(2,3)4)21-31(33)37(8,9)10)42-34-27(24-40-30-17-15-14-16-18-30)20-29(36(5,6)7)22-32(34)38(11,12)13/h19-25,30,39H,14-18H2,1-13H3. The minimum Gasteiger partial charge on any atom is -0.454 e. The van der Waals surface area contributed by atoms with Crippen molar-refractivity contribution in [2.24, 2.45) is 4.99 Å². The van der Waals surface area contributed by atoms with Crippen LogP contribution in [0, 0.1) is 5.41 Å². The zero-order chi connectivity index (χ0) is 31.7. The Morgan fingerprint density at radius 3 is 1.50 bits per heavy atom. The van der Waals surface area contributed by atoms with Crippen LogP contribution in [-0.2, 0) is 21.7 Å². The van der Waals surface area contributed by atoms with Crippen LogP contribution in [0.3, 0.4) is 0 Å². The zero-order valence-electron chi connectivity index (χ0n) is 28.9. The van der Waals surface area contributed by atoms with Gasteiger partial charge in [-0.15, -0.1) is 0 Å². The molecule has 0 bridgehead atoms. The predicted octanol–water partition coefficient (Wildman–Crippen LogP) is 10.4. The minimum absolute atomic E-state index is 0.0106. The molecule has 2 aromatic carbocycles. The molecule has 1 saturated carbocycles. The maximum atomic E-state index is 8.27. The van der Waals surface area contributed by atoms with E-state index in [1.54, 1.807) is 0 Å². The Morgan fingerprint density at radius 2 is 1.10 bits per heavy atom. The highest BCUT2D eigenvalue weighted by atomic mass is 16.7. The monoisotopic (exact) mass is 574 g/mol. The first-order valence-corrected chi connectivity index (χ1v) is 16.0. The average Bonchev–Trinajstić information content (AvgIpc) is 2.85. The van der Waals surface area contributed by atoms with Gasteiger partial charge in [-0.2, -0.15) is 0 Å². The van der Waals surface area contributed by atoms with Crippen LogP contribution in [0.1, 0.15) is 155 Å². The van der Waals surface area contributed by atoms with Gasteiger partial charge in [-0.1, -0.05) is 114 Å². The van der Waals surface area contributed by atoms with Gasteiger partial charge in [0.15, 0.2) is 0 Å². The van der Waals surface area contributed by atoms with E-state index in [1.165, 1.54) is 36.6 Å². The molecule has 3 rings (SSSR count). The van der Waals surface area contributed by atoms with Gasteiger partial charge in [0.25, 0.3) is 0 Å². The fourth-order valence-corrected chi connectivity index (χ4v) is 5.52. The molecule has 0 aromatic heterocycles. The summed E-state index contributed by atoms with van der Waals surface area (Å²) in [6, 6.07) is 9.27. The van der Waals surface area contributed by atoms with E-state index in [-0.39, 0.29) is 21.7 Å². The van der Waals surface area contributed by atoms with Gasteiger partial charge in [-0.05, 0) is 57.8 Å². The lowest BCUT2D eigenvalue weighted by Crippen LogP contribution is -2.27. The van der Waals surface area contributed by atoms with Gasteiger partial charge in [0.2, 0.25) is 6.29 Å². The number of ether oxygens (including phenoxy) is 2. The first-order chi connectivity index (χ1) is 19.2. The molecule has 4 heteroatoms. The molecule has 1 N–H and O–H groups in total. The highest BCUT2D eigenvalue weighted by Gasteiger charge is 2.30. The van der Waals surface area contributed by atoms with Crippen molar-refractivity contribution in [1.29, 1.82) is 5.41 Å². The van der Waals surface area contributed by atoms with Crippen LogP contribution in [0.25, 0.3) is 0 Å². The number of hydrogen-bond acceptors (Lipinski definition) is 4. The summed E-state index contributed by atoms with van der Waals surface area (Å²) < 4.78 is 13.5. The van der Waals surface area contributed by atoms with Crippen LogP contribution < -0.4 is 9.47 Å². The lowest BCUT2D eigenvalue weighted by molar-refractivity contribution is 0.0192. The molecule has 2 aromatic rings.